The van der Waals surface area contributed by atoms with E-state index in [2.05, 4.69) is 22.3 Å². The molecule has 0 aliphatic carbocycles. The summed E-state index contributed by atoms with van der Waals surface area (Å²) < 4.78 is 0. The van der Waals surface area contributed by atoms with E-state index < -0.39 is 0 Å². The van der Waals surface area contributed by atoms with Crippen LogP contribution in [-0.2, 0) is 4.79 Å². The molecule has 1 amide bonds. The number of thioether (sulfide) groups is 1. The normalized spacial score (nSPS) is 19.9. The zero-order valence-electron chi connectivity index (χ0n) is 11.9. The number of anilines is 1. The van der Waals surface area contributed by atoms with Gasteiger partial charge in [0.05, 0.1) is 5.25 Å². The van der Waals surface area contributed by atoms with E-state index in [-0.39, 0.29) is 11.2 Å². The Morgan fingerprint density at radius 1 is 1.50 bits per heavy atom. The van der Waals surface area contributed by atoms with Gasteiger partial charge in [0.25, 0.3) is 0 Å². The molecule has 20 heavy (non-hydrogen) atoms. The zero-order valence-corrected chi connectivity index (χ0v) is 13.5. The van der Waals surface area contributed by atoms with Gasteiger partial charge in [-0.05, 0) is 49.8 Å². The Bertz CT molecular complexity index is 452. The zero-order chi connectivity index (χ0) is 14.5. The highest BCUT2D eigenvalue weighted by molar-refractivity contribution is 7.99. The molecule has 0 radical (unpaired) electrons. The van der Waals surface area contributed by atoms with Crippen molar-refractivity contribution in [3.8, 4) is 0 Å². The lowest BCUT2D eigenvalue weighted by atomic mass is 10.1. The minimum Gasteiger partial charge on any atom is -0.371 e. The lowest BCUT2D eigenvalue weighted by molar-refractivity contribution is -0.120. The largest absolute Gasteiger partial charge is 0.371 e. The molecular formula is C15H21ClN2OS. The summed E-state index contributed by atoms with van der Waals surface area (Å²) in [6, 6.07) is 7.95. The quantitative estimate of drug-likeness (QED) is 0.907. The fraction of sp³-hybridized carbons (Fsp3) is 0.533. The molecule has 3 nitrogen and oxygen atoms in total. The molecule has 1 aromatic rings. The summed E-state index contributed by atoms with van der Waals surface area (Å²) in [5.74, 6) is 0.672. The van der Waals surface area contributed by atoms with Gasteiger partial charge < -0.3 is 10.2 Å². The lowest BCUT2D eigenvalue weighted by Crippen LogP contribution is -2.35. The number of carbonyl (C=O) groups excluding carboxylic acids is 1. The van der Waals surface area contributed by atoms with Gasteiger partial charge in [-0.25, -0.2) is 0 Å². The van der Waals surface area contributed by atoms with Crippen LogP contribution in [0.15, 0.2) is 24.3 Å². The minimum absolute atomic E-state index is 0.0313. The van der Waals surface area contributed by atoms with Crippen LogP contribution in [-0.4, -0.2) is 37.0 Å². The maximum Gasteiger partial charge on any atom is 0.232 e. The smallest absolute Gasteiger partial charge is 0.232 e. The molecule has 110 valence electrons. The van der Waals surface area contributed by atoms with Crippen LogP contribution in [0.25, 0.3) is 0 Å². The van der Waals surface area contributed by atoms with Crippen molar-refractivity contribution in [3.63, 3.8) is 0 Å². The van der Waals surface area contributed by atoms with Gasteiger partial charge in [0.15, 0.2) is 0 Å². The molecule has 1 aliphatic heterocycles. The van der Waals surface area contributed by atoms with Crippen molar-refractivity contribution in [3.05, 3.63) is 29.3 Å². The van der Waals surface area contributed by atoms with Gasteiger partial charge in [0.2, 0.25) is 5.91 Å². The molecule has 1 fully saturated rings. The molecule has 2 atom stereocenters. The lowest BCUT2D eigenvalue weighted by Gasteiger charge is -2.19. The number of nitrogens with zero attached hydrogens (tertiary/aromatic N) is 1. The van der Waals surface area contributed by atoms with E-state index in [4.69, 9.17) is 11.6 Å². The number of amides is 1. The molecule has 2 rings (SSSR count). The Kier molecular flexibility index (Phi) is 5.61. The number of rotatable bonds is 5. The van der Waals surface area contributed by atoms with Crippen LogP contribution in [0.1, 0.15) is 13.3 Å². The van der Waals surface area contributed by atoms with Crippen molar-refractivity contribution in [2.75, 3.05) is 30.8 Å². The molecule has 1 aromatic carbocycles. The highest BCUT2D eigenvalue weighted by atomic mass is 35.5. The van der Waals surface area contributed by atoms with Crippen LogP contribution in [0.2, 0.25) is 5.02 Å². The van der Waals surface area contributed by atoms with Gasteiger partial charge in [0.1, 0.15) is 0 Å². The second kappa shape index (κ2) is 7.23. The number of hydrogen-bond acceptors (Lipinski definition) is 3. The standard InChI is InChI=1S/C15H21ClN2OS/c1-11(20-2)15(19)17-9-12-7-8-18(10-12)14-5-3-13(16)4-6-14/h3-6,11-12H,7-10H2,1-2H3,(H,17,19)/t11-,12+/m1/s1. The summed E-state index contributed by atoms with van der Waals surface area (Å²) >= 11 is 7.49. The maximum absolute atomic E-state index is 11.8. The molecule has 0 unspecified atom stereocenters. The Hall–Kier alpha value is -0.870. The number of nitrogens with one attached hydrogen (secondary N) is 1. The summed E-state index contributed by atoms with van der Waals surface area (Å²) in [7, 11) is 0. The average molecular weight is 313 g/mol. The molecule has 1 heterocycles. The van der Waals surface area contributed by atoms with Crippen molar-refractivity contribution in [1.29, 1.82) is 0 Å². The minimum atomic E-state index is 0.0313. The van der Waals surface area contributed by atoms with E-state index in [9.17, 15) is 4.79 Å². The first kappa shape index (κ1) is 15.5. The van der Waals surface area contributed by atoms with Crippen molar-refractivity contribution in [1.82, 2.24) is 5.32 Å². The van der Waals surface area contributed by atoms with Crippen molar-refractivity contribution < 1.29 is 4.79 Å². The van der Waals surface area contributed by atoms with E-state index in [1.54, 1.807) is 11.8 Å². The van der Waals surface area contributed by atoms with Crippen molar-refractivity contribution in [2.45, 2.75) is 18.6 Å². The third-order valence-electron chi connectivity index (χ3n) is 3.77. The van der Waals surface area contributed by atoms with Gasteiger partial charge in [-0.1, -0.05) is 11.6 Å². The fourth-order valence-electron chi connectivity index (χ4n) is 2.38. The van der Waals surface area contributed by atoms with E-state index in [0.29, 0.717) is 5.92 Å². The predicted molar refractivity (Wildman–Crippen MR) is 87.8 cm³/mol. The molecule has 0 saturated carbocycles. The highest BCUT2D eigenvalue weighted by Crippen LogP contribution is 2.24. The van der Waals surface area contributed by atoms with Crippen LogP contribution in [0.5, 0.6) is 0 Å². The first-order valence-electron chi connectivity index (χ1n) is 6.91. The molecule has 0 aromatic heterocycles. The van der Waals surface area contributed by atoms with Crippen LogP contribution in [0, 0.1) is 5.92 Å². The second-order valence-corrected chi connectivity index (χ2v) is 6.82. The summed E-state index contributed by atoms with van der Waals surface area (Å²) in [6.07, 6.45) is 3.08. The fourth-order valence-corrected chi connectivity index (χ4v) is 2.80. The Balaban J connectivity index is 1.80. The second-order valence-electron chi connectivity index (χ2n) is 5.20. The SMILES string of the molecule is CS[C@H](C)C(=O)NC[C@@H]1CCN(c2ccc(Cl)cc2)C1. The van der Waals surface area contributed by atoms with E-state index in [1.165, 1.54) is 5.69 Å². The average Bonchev–Trinajstić information content (AvgIpc) is 2.93. The Labute approximate surface area is 130 Å². The van der Waals surface area contributed by atoms with Crippen LogP contribution < -0.4 is 10.2 Å². The molecule has 5 heteroatoms. The molecule has 0 spiro atoms. The Morgan fingerprint density at radius 3 is 2.85 bits per heavy atom. The van der Waals surface area contributed by atoms with Gasteiger partial charge in [-0.2, -0.15) is 11.8 Å². The monoisotopic (exact) mass is 312 g/mol. The van der Waals surface area contributed by atoms with Gasteiger partial charge >= 0.3 is 0 Å². The van der Waals surface area contributed by atoms with Gasteiger partial charge in [0, 0.05) is 30.3 Å². The van der Waals surface area contributed by atoms with Crippen molar-refractivity contribution in [2.24, 2.45) is 5.92 Å². The predicted octanol–water partition coefficient (Wildman–Crippen LogP) is 3.03. The third kappa shape index (κ3) is 4.06. The van der Waals surface area contributed by atoms with E-state index in [1.807, 2.05) is 25.3 Å². The maximum atomic E-state index is 11.8. The van der Waals surface area contributed by atoms with Crippen molar-refractivity contribution >= 4 is 35.0 Å². The van der Waals surface area contributed by atoms with Gasteiger partial charge in [-0.3, -0.25) is 4.79 Å². The van der Waals surface area contributed by atoms with E-state index >= 15 is 0 Å². The highest BCUT2D eigenvalue weighted by Gasteiger charge is 2.23. The number of benzene rings is 1. The third-order valence-corrected chi connectivity index (χ3v) is 4.94. The number of carbonyl (C=O) groups is 1. The summed E-state index contributed by atoms with van der Waals surface area (Å²) in [5, 5.41) is 3.85. The molecule has 1 aliphatic rings. The molecule has 0 bridgehead atoms. The first-order valence-corrected chi connectivity index (χ1v) is 8.57. The van der Waals surface area contributed by atoms with Crippen LogP contribution in [0.3, 0.4) is 0 Å². The summed E-state index contributed by atoms with van der Waals surface area (Å²) in [4.78, 5) is 14.1. The summed E-state index contributed by atoms with van der Waals surface area (Å²) in [6.45, 7) is 4.75. The van der Waals surface area contributed by atoms with E-state index in [0.717, 1.165) is 31.1 Å². The summed E-state index contributed by atoms with van der Waals surface area (Å²) in [5.41, 5.74) is 1.21. The molecule has 1 saturated heterocycles. The number of halogens is 1. The Morgan fingerprint density at radius 2 is 2.20 bits per heavy atom. The first-order chi connectivity index (χ1) is 9.60. The topological polar surface area (TPSA) is 32.3 Å². The van der Waals surface area contributed by atoms with Gasteiger partial charge in [-0.15, -0.1) is 0 Å². The molecule has 1 N–H and O–H groups in total. The number of hydrogen-bond donors (Lipinski definition) is 1. The molecular weight excluding hydrogens is 292 g/mol. The van der Waals surface area contributed by atoms with Crippen LogP contribution >= 0.6 is 23.4 Å². The van der Waals surface area contributed by atoms with Crippen LogP contribution in [0.4, 0.5) is 5.69 Å².